The number of nitrogens with one attached hydrogen (secondary N) is 1. The summed E-state index contributed by atoms with van der Waals surface area (Å²) in [5.41, 5.74) is 1.59. The molecule has 0 radical (unpaired) electrons. The number of anilines is 1. The molecule has 0 bridgehead atoms. The quantitative estimate of drug-likeness (QED) is 0.497. The third kappa shape index (κ3) is 3.92. The van der Waals surface area contributed by atoms with Crippen molar-refractivity contribution in [1.82, 2.24) is 9.13 Å². The van der Waals surface area contributed by atoms with E-state index in [1.165, 1.54) is 28.0 Å². The lowest BCUT2D eigenvalue weighted by molar-refractivity contribution is -0.116. The van der Waals surface area contributed by atoms with Gasteiger partial charge >= 0.3 is 5.69 Å². The molecule has 2 heterocycles. The Morgan fingerprint density at radius 1 is 1.10 bits per heavy atom. The molecule has 0 unspecified atom stereocenters. The minimum absolute atomic E-state index is 0.0495. The molecule has 0 fully saturated rings. The number of aromatic nitrogens is 2. The number of fused-ring (bicyclic) bond motifs is 1. The number of benzene rings is 2. The van der Waals surface area contributed by atoms with Gasteiger partial charge in [-0.25, -0.2) is 13.8 Å². The maximum Gasteiger partial charge on any atom is 0.336 e. The first kappa shape index (κ1) is 21.0. The molecule has 31 heavy (non-hydrogen) atoms. The molecule has 0 aliphatic heterocycles. The molecule has 1 N–H and O–H groups in total. The summed E-state index contributed by atoms with van der Waals surface area (Å²) in [6.07, 6.45) is 0. The number of halogens is 2. The van der Waals surface area contributed by atoms with Crippen LogP contribution in [0.2, 0.25) is 5.02 Å². The molecule has 0 saturated heterocycles. The lowest BCUT2D eigenvalue weighted by Gasteiger charge is -2.13. The minimum atomic E-state index is -0.686. The zero-order chi connectivity index (χ0) is 22.3. The van der Waals surface area contributed by atoms with Crippen LogP contribution in [0.4, 0.5) is 10.1 Å². The number of rotatable bonds is 4. The van der Waals surface area contributed by atoms with Crippen LogP contribution < -0.4 is 16.6 Å². The summed E-state index contributed by atoms with van der Waals surface area (Å²) < 4.78 is 16.7. The minimum Gasteiger partial charge on any atom is -0.322 e. The Labute approximate surface area is 185 Å². The SMILES string of the molecule is Cc1ccc(-n2c(=O)c3sccc3n(CC(=O)Nc3ccc(Cl)cc3F)c2=O)cc1C. The second-order valence-corrected chi connectivity index (χ2v) is 8.44. The number of carbonyl (C=O) groups is 1. The van der Waals surface area contributed by atoms with Crippen LogP contribution >= 0.6 is 22.9 Å². The third-order valence-electron chi connectivity index (χ3n) is 5.01. The normalized spacial score (nSPS) is 11.1. The Bertz CT molecular complexity index is 1450. The summed E-state index contributed by atoms with van der Waals surface area (Å²) >= 11 is 6.93. The van der Waals surface area contributed by atoms with Crippen LogP contribution in [-0.4, -0.2) is 15.0 Å². The fourth-order valence-corrected chi connectivity index (χ4v) is 4.24. The summed E-state index contributed by atoms with van der Waals surface area (Å²) in [5, 5.41) is 4.33. The van der Waals surface area contributed by atoms with Crippen molar-refractivity contribution in [3.63, 3.8) is 0 Å². The number of thiophene rings is 1. The van der Waals surface area contributed by atoms with E-state index >= 15 is 0 Å². The van der Waals surface area contributed by atoms with Gasteiger partial charge in [-0.15, -0.1) is 11.3 Å². The van der Waals surface area contributed by atoms with Crippen LogP contribution in [0.25, 0.3) is 15.9 Å². The number of hydrogen-bond acceptors (Lipinski definition) is 4. The van der Waals surface area contributed by atoms with E-state index in [0.29, 0.717) is 15.9 Å². The first-order chi connectivity index (χ1) is 14.8. The van der Waals surface area contributed by atoms with Crippen molar-refractivity contribution >= 4 is 44.7 Å². The van der Waals surface area contributed by atoms with E-state index in [2.05, 4.69) is 5.32 Å². The van der Waals surface area contributed by atoms with Crippen LogP contribution in [0.15, 0.2) is 57.4 Å². The first-order valence-electron chi connectivity index (χ1n) is 9.32. The smallest absolute Gasteiger partial charge is 0.322 e. The number of aryl methyl sites for hydroxylation is 2. The number of amides is 1. The van der Waals surface area contributed by atoms with Crippen molar-refractivity contribution < 1.29 is 9.18 Å². The van der Waals surface area contributed by atoms with Crippen LogP contribution in [-0.2, 0) is 11.3 Å². The van der Waals surface area contributed by atoms with Crippen LogP contribution in [0.1, 0.15) is 11.1 Å². The van der Waals surface area contributed by atoms with Gasteiger partial charge in [0.25, 0.3) is 5.56 Å². The number of hydrogen-bond donors (Lipinski definition) is 1. The van der Waals surface area contributed by atoms with Crippen LogP contribution in [0, 0.1) is 19.7 Å². The lowest BCUT2D eigenvalue weighted by atomic mass is 10.1. The predicted molar refractivity (Wildman–Crippen MR) is 121 cm³/mol. The first-order valence-corrected chi connectivity index (χ1v) is 10.6. The number of nitrogens with zero attached hydrogens (tertiary/aromatic N) is 2. The molecule has 0 spiro atoms. The summed E-state index contributed by atoms with van der Waals surface area (Å²) in [6, 6.07) is 10.8. The molecule has 158 valence electrons. The molecule has 6 nitrogen and oxygen atoms in total. The highest BCUT2D eigenvalue weighted by molar-refractivity contribution is 7.17. The maximum atomic E-state index is 14.0. The molecule has 0 atom stereocenters. The fraction of sp³-hybridized carbons (Fsp3) is 0.136. The standard InChI is InChI=1S/C22H17ClFN3O3S/c1-12-3-5-15(9-13(12)2)27-21(29)20-18(7-8-31-20)26(22(27)30)11-19(28)25-17-6-4-14(23)10-16(17)24/h3-10H,11H2,1-2H3,(H,25,28). The van der Waals surface area contributed by atoms with Gasteiger partial charge in [0.2, 0.25) is 5.91 Å². The van der Waals surface area contributed by atoms with Gasteiger partial charge < -0.3 is 5.32 Å². The maximum absolute atomic E-state index is 14.0. The third-order valence-corrected chi connectivity index (χ3v) is 6.14. The topological polar surface area (TPSA) is 73.1 Å². The van der Waals surface area contributed by atoms with Crippen molar-refractivity contribution in [2.75, 3.05) is 5.32 Å². The molecule has 0 aliphatic carbocycles. The van der Waals surface area contributed by atoms with Gasteiger partial charge in [-0.05, 0) is 66.8 Å². The van der Waals surface area contributed by atoms with E-state index in [-0.39, 0.29) is 17.3 Å². The zero-order valence-corrected chi connectivity index (χ0v) is 18.2. The van der Waals surface area contributed by atoms with Crippen molar-refractivity contribution in [1.29, 1.82) is 0 Å². The predicted octanol–water partition coefficient (Wildman–Crippen LogP) is 4.26. The molecule has 0 aliphatic rings. The van der Waals surface area contributed by atoms with E-state index in [9.17, 15) is 18.8 Å². The highest BCUT2D eigenvalue weighted by Crippen LogP contribution is 2.20. The summed E-state index contributed by atoms with van der Waals surface area (Å²) in [4.78, 5) is 38.9. The fourth-order valence-electron chi connectivity index (χ4n) is 3.26. The molecule has 2 aromatic carbocycles. The second kappa shape index (κ2) is 8.13. The Hall–Kier alpha value is -3.23. The largest absolute Gasteiger partial charge is 0.336 e. The van der Waals surface area contributed by atoms with Crippen molar-refractivity contribution in [2.45, 2.75) is 20.4 Å². The van der Waals surface area contributed by atoms with E-state index in [1.54, 1.807) is 23.6 Å². The average Bonchev–Trinajstić information content (AvgIpc) is 3.20. The van der Waals surface area contributed by atoms with Gasteiger partial charge in [-0.1, -0.05) is 17.7 Å². The van der Waals surface area contributed by atoms with Gasteiger partial charge in [0.15, 0.2) is 0 Å². The molecule has 9 heteroatoms. The van der Waals surface area contributed by atoms with E-state index in [1.807, 2.05) is 19.9 Å². The van der Waals surface area contributed by atoms with Gasteiger partial charge in [0.05, 0.1) is 16.9 Å². The summed E-state index contributed by atoms with van der Waals surface area (Å²) in [6.45, 7) is 3.43. The Kier molecular flexibility index (Phi) is 5.51. The Morgan fingerprint density at radius 3 is 2.58 bits per heavy atom. The highest BCUT2D eigenvalue weighted by Gasteiger charge is 2.18. The van der Waals surface area contributed by atoms with Crippen LogP contribution in [0.5, 0.6) is 0 Å². The van der Waals surface area contributed by atoms with Crippen molar-refractivity contribution in [3.05, 3.63) is 90.6 Å². The molecular formula is C22H17ClFN3O3S. The molecule has 4 rings (SSSR count). The van der Waals surface area contributed by atoms with E-state index in [4.69, 9.17) is 11.6 Å². The molecule has 4 aromatic rings. The van der Waals surface area contributed by atoms with Gasteiger partial charge in [-0.3, -0.25) is 14.2 Å². The highest BCUT2D eigenvalue weighted by atomic mass is 35.5. The number of carbonyl (C=O) groups excluding carboxylic acids is 1. The Balaban J connectivity index is 1.80. The van der Waals surface area contributed by atoms with Crippen molar-refractivity contribution in [3.8, 4) is 5.69 Å². The summed E-state index contributed by atoms with van der Waals surface area (Å²) in [5.74, 6) is -1.30. The van der Waals surface area contributed by atoms with E-state index < -0.39 is 23.0 Å². The monoisotopic (exact) mass is 457 g/mol. The Morgan fingerprint density at radius 2 is 1.87 bits per heavy atom. The lowest BCUT2D eigenvalue weighted by Crippen LogP contribution is -2.40. The van der Waals surface area contributed by atoms with Gasteiger partial charge in [-0.2, -0.15) is 0 Å². The average molecular weight is 458 g/mol. The van der Waals surface area contributed by atoms with Crippen LogP contribution in [0.3, 0.4) is 0 Å². The van der Waals surface area contributed by atoms with Gasteiger partial charge in [0, 0.05) is 5.02 Å². The second-order valence-electron chi connectivity index (χ2n) is 7.09. The van der Waals surface area contributed by atoms with Gasteiger partial charge in [0.1, 0.15) is 17.1 Å². The molecule has 2 aromatic heterocycles. The van der Waals surface area contributed by atoms with Crippen molar-refractivity contribution in [2.24, 2.45) is 0 Å². The zero-order valence-electron chi connectivity index (χ0n) is 16.6. The molecular weight excluding hydrogens is 441 g/mol. The van der Waals surface area contributed by atoms with E-state index in [0.717, 1.165) is 21.8 Å². The molecule has 1 amide bonds. The summed E-state index contributed by atoms with van der Waals surface area (Å²) in [7, 11) is 0. The molecule has 0 saturated carbocycles.